The predicted molar refractivity (Wildman–Crippen MR) is 157 cm³/mol. The first-order valence-corrected chi connectivity index (χ1v) is 14.6. The Morgan fingerprint density at radius 3 is 0.649 bits per heavy atom. The van der Waals surface area contributed by atoms with E-state index in [9.17, 15) is 28.8 Å². The van der Waals surface area contributed by atoms with E-state index < -0.39 is 34.1 Å². The maximum absolute atomic E-state index is 13.0. The van der Waals surface area contributed by atoms with E-state index in [0.717, 1.165) is 27.4 Å². The first-order chi connectivity index (χ1) is 17.7. The second kappa shape index (κ2) is 15.6. The van der Waals surface area contributed by atoms with Gasteiger partial charge in [0.1, 0.15) is 0 Å². The second-order valence-corrected chi connectivity index (χ2v) is 10.1. The normalized spacial score (nSPS) is 11.4. The second-order valence-electron chi connectivity index (χ2n) is 8.27. The fourth-order valence-corrected chi connectivity index (χ4v) is 4.38. The van der Waals surface area contributed by atoms with Gasteiger partial charge in [0, 0.05) is 39.3 Å². The molecule has 0 bridgehead atoms. The molecule has 0 unspecified atom stereocenters. The SMILES string of the molecule is O=c1n(CCCS)c(=O)n(CCCn2c(=O)n(CCCS)c(=O)n(CCCS)c2=O)c(=O)n1CCCS. The number of nitrogens with zero attached hydrogens (tertiary/aromatic N) is 6. The van der Waals surface area contributed by atoms with Crippen LogP contribution in [0, 0.1) is 0 Å². The van der Waals surface area contributed by atoms with Crippen LogP contribution in [0.1, 0.15) is 32.1 Å². The van der Waals surface area contributed by atoms with Crippen molar-refractivity contribution in [1.29, 1.82) is 0 Å². The summed E-state index contributed by atoms with van der Waals surface area (Å²) in [7, 11) is 0. The van der Waals surface area contributed by atoms with Gasteiger partial charge in [-0.3, -0.25) is 0 Å². The molecule has 0 spiro atoms. The standard InChI is InChI=1S/C21H34N6O6S4/c28-16-22(17(29)25(9-3-13-35)20(32)24(16)8-2-12-34)6-1-7-23-18(30)26(10-4-14-36)21(33)27(19(23)31)11-5-15-37/h34-37H,1-15H2. The molecule has 2 heterocycles. The minimum absolute atomic E-state index is 0.0684. The van der Waals surface area contributed by atoms with Gasteiger partial charge < -0.3 is 0 Å². The highest BCUT2D eigenvalue weighted by atomic mass is 32.1. The zero-order chi connectivity index (χ0) is 27.5. The van der Waals surface area contributed by atoms with Crippen molar-refractivity contribution in [3.05, 3.63) is 62.9 Å². The van der Waals surface area contributed by atoms with Crippen LogP contribution in [0.15, 0.2) is 28.8 Å². The van der Waals surface area contributed by atoms with Crippen molar-refractivity contribution in [2.45, 2.75) is 71.4 Å². The van der Waals surface area contributed by atoms with Crippen LogP contribution in [-0.2, 0) is 39.3 Å². The molecule has 0 aliphatic rings. The first kappa shape index (κ1) is 31.4. The first-order valence-electron chi connectivity index (χ1n) is 12.1. The van der Waals surface area contributed by atoms with Crippen LogP contribution in [-0.4, -0.2) is 50.4 Å². The smallest absolute Gasteiger partial charge is 0.247 e. The molecule has 0 saturated heterocycles. The fourth-order valence-electron chi connectivity index (χ4n) is 3.82. The van der Waals surface area contributed by atoms with Crippen LogP contribution < -0.4 is 34.1 Å². The molecule has 2 aromatic heterocycles. The Bertz CT molecular complexity index is 1210. The highest BCUT2D eigenvalue weighted by Gasteiger charge is 2.17. The molecule has 37 heavy (non-hydrogen) atoms. The van der Waals surface area contributed by atoms with Gasteiger partial charge in [0.25, 0.3) is 0 Å². The van der Waals surface area contributed by atoms with Gasteiger partial charge in [0.2, 0.25) is 0 Å². The topological polar surface area (TPSA) is 132 Å². The van der Waals surface area contributed by atoms with Crippen molar-refractivity contribution in [3.63, 3.8) is 0 Å². The summed E-state index contributed by atoms with van der Waals surface area (Å²) in [6.45, 7) is 0.166. The van der Waals surface area contributed by atoms with Gasteiger partial charge in [0.05, 0.1) is 0 Å². The summed E-state index contributed by atoms with van der Waals surface area (Å²) in [5.41, 5.74) is -4.39. The van der Waals surface area contributed by atoms with Crippen LogP contribution in [0.2, 0.25) is 0 Å². The fraction of sp³-hybridized carbons (Fsp3) is 0.714. The van der Waals surface area contributed by atoms with E-state index in [2.05, 4.69) is 50.5 Å². The van der Waals surface area contributed by atoms with Gasteiger partial charge in [-0.1, -0.05) is 0 Å². The molecule has 0 saturated carbocycles. The third kappa shape index (κ3) is 7.63. The zero-order valence-electron chi connectivity index (χ0n) is 20.5. The third-order valence-electron chi connectivity index (χ3n) is 5.69. The Morgan fingerprint density at radius 1 is 0.324 bits per heavy atom. The summed E-state index contributed by atoms with van der Waals surface area (Å²) in [6, 6.07) is 0. The maximum Gasteiger partial charge on any atom is 0.336 e. The summed E-state index contributed by atoms with van der Waals surface area (Å²) in [5, 5.41) is 0. The van der Waals surface area contributed by atoms with Crippen LogP contribution in [0.25, 0.3) is 0 Å². The summed E-state index contributed by atoms with van der Waals surface area (Å²) in [6.07, 6.45) is 1.89. The lowest BCUT2D eigenvalue weighted by Crippen LogP contribution is -2.55. The molecule has 12 nitrogen and oxygen atoms in total. The largest absolute Gasteiger partial charge is 0.336 e. The lowest BCUT2D eigenvalue weighted by molar-refractivity contribution is 0.402. The Kier molecular flexibility index (Phi) is 13.2. The molecule has 0 atom stereocenters. The van der Waals surface area contributed by atoms with Crippen LogP contribution in [0.5, 0.6) is 0 Å². The van der Waals surface area contributed by atoms with Crippen LogP contribution in [0.3, 0.4) is 0 Å². The van der Waals surface area contributed by atoms with Gasteiger partial charge in [-0.05, 0) is 55.1 Å². The lowest BCUT2D eigenvalue weighted by Gasteiger charge is -2.15. The van der Waals surface area contributed by atoms with E-state index in [1.807, 2.05) is 0 Å². The monoisotopic (exact) mass is 594 g/mol. The average molecular weight is 595 g/mol. The summed E-state index contributed by atoms with van der Waals surface area (Å²) >= 11 is 16.5. The number of aromatic nitrogens is 6. The highest BCUT2D eigenvalue weighted by Crippen LogP contribution is 1.93. The third-order valence-corrected chi connectivity index (χ3v) is 6.96. The van der Waals surface area contributed by atoms with Crippen molar-refractivity contribution >= 4 is 50.5 Å². The van der Waals surface area contributed by atoms with Crippen LogP contribution >= 0.6 is 50.5 Å². The Hall–Kier alpha value is -1.78. The predicted octanol–water partition coefficient (Wildman–Crippen LogP) is -0.973. The van der Waals surface area contributed by atoms with E-state index >= 15 is 0 Å². The van der Waals surface area contributed by atoms with E-state index in [-0.39, 0.29) is 45.7 Å². The van der Waals surface area contributed by atoms with Crippen molar-refractivity contribution in [2.75, 3.05) is 23.0 Å². The van der Waals surface area contributed by atoms with Gasteiger partial charge >= 0.3 is 34.1 Å². The number of rotatable bonds is 16. The van der Waals surface area contributed by atoms with Crippen LogP contribution in [0.4, 0.5) is 0 Å². The summed E-state index contributed by atoms with van der Waals surface area (Å²) < 4.78 is 5.91. The molecule has 0 amide bonds. The summed E-state index contributed by atoms with van der Waals surface area (Å²) in [5.74, 6) is 1.81. The molecule has 0 aromatic carbocycles. The van der Waals surface area contributed by atoms with Gasteiger partial charge in [-0.15, -0.1) is 0 Å². The molecule has 16 heteroatoms. The molecule has 0 N–H and O–H groups in total. The van der Waals surface area contributed by atoms with E-state index in [4.69, 9.17) is 0 Å². The van der Waals surface area contributed by atoms with Crippen molar-refractivity contribution in [3.8, 4) is 0 Å². The van der Waals surface area contributed by atoms with Gasteiger partial charge in [-0.2, -0.15) is 50.5 Å². The lowest BCUT2D eigenvalue weighted by atomic mass is 10.4. The molecule has 208 valence electrons. The molecule has 0 fully saturated rings. The number of hydrogen-bond donors (Lipinski definition) is 4. The molecular formula is C21H34N6O6S4. The molecular weight excluding hydrogens is 561 g/mol. The molecule has 0 aliphatic heterocycles. The summed E-state index contributed by atoms with van der Waals surface area (Å²) in [4.78, 5) is 77.5. The Balaban J connectivity index is 2.48. The molecule has 0 aliphatic carbocycles. The quantitative estimate of drug-likeness (QED) is 0.185. The van der Waals surface area contributed by atoms with E-state index in [1.54, 1.807) is 0 Å². The molecule has 0 radical (unpaired) electrons. The Labute approximate surface area is 234 Å². The minimum Gasteiger partial charge on any atom is -0.247 e. The van der Waals surface area contributed by atoms with Gasteiger partial charge in [-0.25, -0.2) is 56.2 Å². The molecule has 2 rings (SSSR count). The minimum atomic E-state index is -0.754. The Morgan fingerprint density at radius 2 is 0.486 bits per heavy atom. The van der Waals surface area contributed by atoms with Crippen molar-refractivity contribution in [2.24, 2.45) is 0 Å². The number of thiol groups is 4. The maximum atomic E-state index is 13.0. The zero-order valence-corrected chi connectivity index (χ0v) is 24.1. The van der Waals surface area contributed by atoms with Crippen molar-refractivity contribution in [1.82, 2.24) is 27.4 Å². The number of hydrogen-bond acceptors (Lipinski definition) is 10. The molecule has 2 aromatic rings. The van der Waals surface area contributed by atoms with Gasteiger partial charge in [0.15, 0.2) is 0 Å². The van der Waals surface area contributed by atoms with E-state index in [1.165, 1.54) is 0 Å². The average Bonchev–Trinajstić information content (AvgIpc) is 2.87. The van der Waals surface area contributed by atoms with E-state index in [0.29, 0.717) is 48.7 Å². The van der Waals surface area contributed by atoms with Crippen molar-refractivity contribution < 1.29 is 0 Å². The highest BCUT2D eigenvalue weighted by molar-refractivity contribution is 7.80.